The fourth-order valence-electron chi connectivity index (χ4n) is 3.31. The first-order valence-corrected chi connectivity index (χ1v) is 7.63. The maximum atomic E-state index is 12.2. The molecule has 2 fully saturated rings. The highest BCUT2D eigenvalue weighted by Gasteiger charge is 2.46. The van der Waals surface area contributed by atoms with Gasteiger partial charge in [0, 0.05) is 25.7 Å². The van der Waals surface area contributed by atoms with Crippen LogP contribution in [0.1, 0.15) is 31.2 Å². The molecule has 1 aromatic rings. The minimum atomic E-state index is -0.749. The molecule has 1 aliphatic heterocycles. The Kier molecular flexibility index (Phi) is 3.94. The number of hydrogen-bond donors (Lipinski definition) is 2. The summed E-state index contributed by atoms with van der Waals surface area (Å²) in [5.41, 5.74) is 1.10. The van der Waals surface area contributed by atoms with Crippen molar-refractivity contribution in [3.63, 3.8) is 0 Å². The Labute approximate surface area is 123 Å². The van der Waals surface area contributed by atoms with Crippen molar-refractivity contribution in [2.75, 3.05) is 13.1 Å². The van der Waals surface area contributed by atoms with Gasteiger partial charge in [-0.2, -0.15) is 5.10 Å². The zero-order valence-electron chi connectivity index (χ0n) is 12.0. The van der Waals surface area contributed by atoms with E-state index in [9.17, 15) is 14.7 Å². The van der Waals surface area contributed by atoms with E-state index in [0.717, 1.165) is 31.2 Å². The first-order chi connectivity index (χ1) is 10.1. The van der Waals surface area contributed by atoms with Gasteiger partial charge in [-0.1, -0.05) is 0 Å². The number of rotatable bonds is 6. The van der Waals surface area contributed by atoms with Gasteiger partial charge in [-0.15, -0.1) is 0 Å². The van der Waals surface area contributed by atoms with Gasteiger partial charge in [0.2, 0.25) is 5.91 Å². The third-order valence-corrected chi connectivity index (χ3v) is 4.67. The van der Waals surface area contributed by atoms with E-state index < -0.39 is 5.97 Å². The van der Waals surface area contributed by atoms with E-state index in [4.69, 9.17) is 0 Å². The second-order valence-electron chi connectivity index (χ2n) is 6.20. The number of amides is 1. The van der Waals surface area contributed by atoms with E-state index in [0.29, 0.717) is 25.4 Å². The van der Waals surface area contributed by atoms with Crippen LogP contribution in [0, 0.1) is 17.8 Å². The van der Waals surface area contributed by atoms with Crippen LogP contribution in [0.3, 0.4) is 0 Å². The first kappa shape index (κ1) is 14.1. The predicted molar refractivity (Wildman–Crippen MR) is 75.4 cm³/mol. The number of carbonyl (C=O) groups is 2. The first-order valence-electron chi connectivity index (χ1n) is 7.63. The minimum absolute atomic E-state index is 0.0906. The molecule has 0 unspecified atom stereocenters. The monoisotopic (exact) mass is 291 g/mol. The third-order valence-electron chi connectivity index (χ3n) is 4.67. The number of carboxylic acids is 1. The van der Waals surface area contributed by atoms with E-state index >= 15 is 0 Å². The Balaban J connectivity index is 1.49. The van der Waals surface area contributed by atoms with Crippen LogP contribution >= 0.6 is 0 Å². The second-order valence-corrected chi connectivity index (χ2v) is 6.20. The Bertz CT molecular complexity index is 510. The van der Waals surface area contributed by atoms with Gasteiger partial charge in [-0.3, -0.25) is 14.7 Å². The largest absolute Gasteiger partial charge is 0.481 e. The zero-order valence-corrected chi connectivity index (χ0v) is 12.0. The molecule has 6 heteroatoms. The molecular weight excluding hydrogens is 270 g/mol. The smallest absolute Gasteiger partial charge is 0.308 e. The predicted octanol–water partition coefficient (Wildman–Crippen LogP) is 1.30. The molecule has 114 valence electrons. The van der Waals surface area contributed by atoms with Crippen LogP contribution in [0.5, 0.6) is 0 Å². The Morgan fingerprint density at radius 3 is 2.81 bits per heavy atom. The lowest BCUT2D eigenvalue weighted by Gasteiger charge is -2.16. The second kappa shape index (κ2) is 5.87. The van der Waals surface area contributed by atoms with Gasteiger partial charge in [-0.25, -0.2) is 0 Å². The lowest BCUT2D eigenvalue weighted by Crippen LogP contribution is -2.29. The molecule has 2 aliphatic rings. The van der Waals surface area contributed by atoms with Crippen LogP contribution in [0.4, 0.5) is 0 Å². The highest BCUT2D eigenvalue weighted by molar-refractivity contribution is 5.79. The van der Waals surface area contributed by atoms with Gasteiger partial charge in [0.25, 0.3) is 0 Å². The summed E-state index contributed by atoms with van der Waals surface area (Å²) in [5.74, 6) is -0.334. The summed E-state index contributed by atoms with van der Waals surface area (Å²) >= 11 is 0. The van der Waals surface area contributed by atoms with Gasteiger partial charge in [0.1, 0.15) is 0 Å². The number of hydrogen-bond acceptors (Lipinski definition) is 3. The molecular formula is C15H21N3O3. The summed E-state index contributed by atoms with van der Waals surface area (Å²) in [6.07, 6.45) is 7.93. The Morgan fingerprint density at radius 2 is 2.19 bits per heavy atom. The number of carboxylic acid groups (broad SMARTS) is 1. The standard InChI is InChI=1S/C15H21N3O3/c19-14(3-1-2-10-6-16-17-7-10)18-8-12(11-4-5-11)13(9-18)15(20)21/h6-7,11-13H,1-5,8-9H2,(H,16,17)(H,20,21)/t12-,13+/m0/s1. The molecule has 1 amide bonds. The number of aliphatic carboxylic acids is 1. The van der Waals surface area contributed by atoms with Crippen molar-refractivity contribution in [1.29, 1.82) is 0 Å². The highest BCUT2D eigenvalue weighted by Crippen LogP contribution is 2.44. The van der Waals surface area contributed by atoms with E-state index in [1.54, 1.807) is 11.1 Å². The lowest BCUT2D eigenvalue weighted by atomic mass is 9.92. The summed E-state index contributed by atoms with van der Waals surface area (Å²) in [6, 6.07) is 0. The number of likely N-dealkylation sites (tertiary alicyclic amines) is 1. The normalized spacial score (nSPS) is 25.2. The van der Waals surface area contributed by atoms with Crippen molar-refractivity contribution in [1.82, 2.24) is 15.1 Å². The molecule has 2 atom stereocenters. The maximum absolute atomic E-state index is 12.2. The number of carbonyl (C=O) groups excluding carboxylic acids is 1. The van der Waals surface area contributed by atoms with Crippen molar-refractivity contribution in [2.45, 2.75) is 32.1 Å². The molecule has 21 heavy (non-hydrogen) atoms. The topological polar surface area (TPSA) is 86.3 Å². The van der Waals surface area contributed by atoms with Crippen LogP contribution < -0.4 is 0 Å². The van der Waals surface area contributed by atoms with E-state index in [2.05, 4.69) is 10.2 Å². The summed E-state index contributed by atoms with van der Waals surface area (Å²) in [6.45, 7) is 1.02. The number of aryl methyl sites for hydroxylation is 1. The molecule has 2 N–H and O–H groups in total. The summed E-state index contributed by atoms with van der Waals surface area (Å²) in [4.78, 5) is 25.3. The van der Waals surface area contributed by atoms with Crippen LogP contribution in [0.2, 0.25) is 0 Å². The summed E-state index contributed by atoms with van der Waals surface area (Å²) in [7, 11) is 0. The van der Waals surface area contributed by atoms with Crippen molar-refractivity contribution in [3.8, 4) is 0 Å². The Hall–Kier alpha value is -1.85. The molecule has 1 saturated heterocycles. The fourth-order valence-corrected chi connectivity index (χ4v) is 3.31. The molecule has 1 aliphatic carbocycles. The van der Waals surface area contributed by atoms with Crippen LogP contribution in [-0.4, -0.2) is 45.2 Å². The minimum Gasteiger partial charge on any atom is -0.481 e. The van der Waals surface area contributed by atoms with Gasteiger partial charge >= 0.3 is 5.97 Å². The SMILES string of the molecule is O=C(O)[C@@H]1CN(C(=O)CCCc2cn[nH]c2)C[C@H]1C1CC1. The van der Waals surface area contributed by atoms with Crippen molar-refractivity contribution >= 4 is 11.9 Å². The molecule has 0 spiro atoms. The number of aromatic nitrogens is 2. The average molecular weight is 291 g/mol. The lowest BCUT2D eigenvalue weighted by molar-refractivity contribution is -0.142. The van der Waals surface area contributed by atoms with Gasteiger partial charge < -0.3 is 10.0 Å². The molecule has 0 radical (unpaired) electrons. The van der Waals surface area contributed by atoms with Gasteiger partial charge in [0.15, 0.2) is 0 Å². The third kappa shape index (κ3) is 3.25. The average Bonchev–Trinajstić information content (AvgIpc) is 3.00. The number of nitrogens with one attached hydrogen (secondary N) is 1. The number of nitrogens with zero attached hydrogens (tertiary/aromatic N) is 2. The molecule has 0 bridgehead atoms. The fraction of sp³-hybridized carbons (Fsp3) is 0.667. The van der Waals surface area contributed by atoms with Crippen molar-refractivity contribution in [3.05, 3.63) is 18.0 Å². The van der Waals surface area contributed by atoms with E-state index in [1.807, 2.05) is 6.20 Å². The molecule has 6 nitrogen and oxygen atoms in total. The van der Waals surface area contributed by atoms with Crippen LogP contribution in [0.25, 0.3) is 0 Å². The van der Waals surface area contributed by atoms with E-state index in [-0.39, 0.29) is 17.7 Å². The van der Waals surface area contributed by atoms with E-state index in [1.165, 1.54) is 0 Å². The van der Waals surface area contributed by atoms with Crippen molar-refractivity contribution in [2.24, 2.45) is 17.8 Å². The number of H-pyrrole nitrogens is 1. The molecule has 3 rings (SSSR count). The molecule has 2 heterocycles. The Morgan fingerprint density at radius 1 is 1.38 bits per heavy atom. The highest BCUT2D eigenvalue weighted by atomic mass is 16.4. The number of aromatic amines is 1. The molecule has 1 saturated carbocycles. The summed E-state index contributed by atoms with van der Waals surface area (Å²) in [5, 5.41) is 15.9. The van der Waals surface area contributed by atoms with Crippen molar-refractivity contribution < 1.29 is 14.7 Å². The zero-order chi connectivity index (χ0) is 14.8. The van der Waals surface area contributed by atoms with Gasteiger partial charge in [0.05, 0.1) is 12.1 Å². The molecule has 0 aromatic carbocycles. The summed E-state index contributed by atoms with van der Waals surface area (Å²) < 4.78 is 0. The quantitative estimate of drug-likeness (QED) is 0.827. The van der Waals surface area contributed by atoms with Gasteiger partial charge in [-0.05, 0) is 43.1 Å². The van der Waals surface area contributed by atoms with Crippen LogP contribution in [-0.2, 0) is 16.0 Å². The molecule has 1 aromatic heterocycles. The van der Waals surface area contributed by atoms with Crippen LogP contribution in [0.15, 0.2) is 12.4 Å². The maximum Gasteiger partial charge on any atom is 0.308 e.